The van der Waals surface area contributed by atoms with Crippen molar-refractivity contribution < 1.29 is 38.4 Å². The number of nitrogens with one attached hydrogen (secondary N) is 4. The van der Waals surface area contributed by atoms with E-state index in [1.54, 1.807) is 7.05 Å². The molecule has 16 heteroatoms. The smallest absolute Gasteiger partial charge is 0.267 e. The molecular weight excluding hydrogens is 600 g/mol. The zero-order valence-electron chi connectivity index (χ0n) is 24.3. The number of hydrogen-bond donors (Lipinski definition) is 5. The summed E-state index contributed by atoms with van der Waals surface area (Å²) in [5.41, 5.74) is 0. The third-order valence-electron chi connectivity index (χ3n) is 5.26. The number of hydrogen-bond acceptors (Lipinski definition) is 10. The van der Waals surface area contributed by atoms with E-state index in [1.807, 2.05) is 13.8 Å². The highest BCUT2D eigenvalue weighted by atomic mass is 32.2. The molecule has 0 aliphatic carbocycles. The molecule has 2 heterocycles. The number of carbonyl (C=O) groups is 8. The quantitative estimate of drug-likeness (QED) is 0.125. The summed E-state index contributed by atoms with van der Waals surface area (Å²) in [6.07, 6.45) is 5.26. The molecule has 2 aliphatic heterocycles. The summed E-state index contributed by atoms with van der Waals surface area (Å²) in [4.78, 5) is 91.9. The molecule has 2 aliphatic rings. The number of thiol groups is 1. The lowest BCUT2D eigenvalue weighted by Crippen LogP contribution is -2.33. The van der Waals surface area contributed by atoms with E-state index in [1.165, 1.54) is 25.3 Å². The van der Waals surface area contributed by atoms with Gasteiger partial charge in [0.05, 0.1) is 16.4 Å². The summed E-state index contributed by atoms with van der Waals surface area (Å²) in [5, 5.41) is 10.1. The maximum absolute atomic E-state index is 12.0. The minimum Gasteiger partial charge on any atom is -0.358 e. The lowest BCUT2D eigenvalue weighted by molar-refractivity contribution is -0.138. The Balaban J connectivity index is 0. The van der Waals surface area contributed by atoms with Crippen molar-refractivity contribution in [2.45, 2.75) is 47.0 Å². The largest absolute Gasteiger partial charge is 0.358 e. The molecule has 0 unspecified atom stereocenters. The van der Waals surface area contributed by atoms with Crippen molar-refractivity contribution in [1.82, 2.24) is 31.1 Å². The number of carbonyl (C=O) groups excluding carboxylic acids is 8. The van der Waals surface area contributed by atoms with Crippen LogP contribution in [0.4, 0.5) is 0 Å². The topological polar surface area (TPSA) is 191 Å². The van der Waals surface area contributed by atoms with Crippen LogP contribution in [0.2, 0.25) is 0 Å². The van der Waals surface area contributed by atoms with Crippen LogP contribution < -0.4 is 21.3 Å². The summed E-state index contributed by atoms with van der Waals surface area (Å²) < 4.78 is 0. The second-order valence-corrected chi connectivity index (χ2v) is 9.71. The van der Waals surface area contributed by atoms with Crippen LogP contribution in [0, 0.1) is 0 Å². The van der Waals surface area contributed by atoms with Gasteiger partial charge >= 0.3 is 0 Å². The van der Waals surface area contributed by atoms with Gasteiger partial charge in [-0.15, -0.1) is 11.8 Å². The highest BCUT2D eigenvalue weighted by Crippen LogP contribution is 2.24. The van der Waals surface area contributed by atoms with E-state index < -0.39 is 11.8 Å². The predicted octanol–water partition coefficient (Wildman–Crippen LogP) is -0.239. The van der Waals surface area contributed by atoms with Crippen molar-refractivity contribution in [2.24, 2.45) is 0 Å². The molecule has 0 aromatic rings. The highest BCUT2D eigenvalue weighted by molar-refractivity contribution is 8.04. The van der Waals surface area contributed by atoms with Crippen LogP contribution in [0.1, 0.15) is 47.0 Å². The van der Waals surface area contributed by atoms with Crippen molar-refractivity contribution in [2.75, 3.05) is 51.8 Å². The van der Waals surface area contributed by atoms with E-state index in [2.05, 4.69) is 33.9 Å². The van der Waals surface area contributed by atoms with E-state index in [0.29, 0.717) is 38.9 Å². The van der Waals surface area contributed by atoms with Crippen molar-refractivity contribution >= 4 is 71.6 Å². The molecule has 0 atom stereocenters. The molecule has 242 valence electrons. The van der Waals surface area contributed by atoms with Gasteiger partial charge in [-0.25, -0.2) is 0 Å². The zero-order valence-corrected chi connectivity index (χ0v) is 26.0. The van der Waals surface area contributed by atoms with Crippen LogP contribution in [-0.2, 0) is 38.4 Å². The number of imide groups is 2. The van der Waals surface area contributed by atoms with Crippen LogP contribution in [-0.4, -0.2) is 109 Å². The molecule has 0 bridgehead atoms. The summed E-state index contributed by atoms with van der Waals surface area (Å²) in [5.74, 6) is -1.42. The normalized spacial score (nSPS) is 13.2. The standard InChI is InChI=1S/C13H19N3O4S.C10H14N2O3.C3H7NOS.CH4/c1-3-15-10(17)5-4-6-16-12(19)7-9(13(16)20)21-8-11(18)14-2;1-2-11-8(13)4-3-7-12-9(14)5-6-10(12)15;1-4-3(5)2-6;/h7H,3-6,8H2,1-2H3,(H,14,18)(H,15,17);5-6H,2-4,7H2,1H3,(H,11,13);6H,2H2,1H3,(H,4,5);1H4. The Morgan fingerprint density at radius 3 is 1.60 bits per heavy atom. The Labute approximate surface area is 262 Å². The fourth-order valence-electron chi connectivity index (χ4n) is 3.11. The molecule has 14 nitrogen and oxygen atoms in total. The summed E-state index contributed by atoms with van der Waals surface area (Å²) >= 11 is 4.72. The molecule has 0 fully saturated rings. The SMILES string of the molecule is C.CCNC(=O)CCCN1C(=O)C=C(SCC(=O)NC)C1=O.CCNC(=O)CCCN1C(=O)C=CC1=O.CNC(=O)CS. The van der Waals surface area contributed by atoms with Gasteiger partial charge in [0.25, 0.3) is 23.6 Å². The molecule has 0 saturated heterocycles. The highest BCUT2D eigenvalue weighted by Gasteiger charge is 2.31. The molecule has 2 rings (SSSR count). The summed E-state index contributed by atoms with van der Waals surface area (Å²) in [7, 11) is 3.09. The lowest BCUT2D eigenvalue weighted by Gasteiger charge is -2.14. The van der Waals surface area contributed by atoms with Crippen LogP contribution in [0.3, 0.4) is 0 Å². The van der Waals surface area contributed by atoms with Gasteiger partial charge in [0, 0.05) is 71.3 Å². The Morgan fingerprint density at radius 2 is 1.21 bits per heavy atom. The van der Waals surface area contributed by atoms with Crippen molar-refractivity contribution in [3.63, 3.8) is 0 Å². The van der Waals surface area contributed by atoms with E-state index in [0.717, 1.165) is 21.6 Å². The van der Waals surface area contributed by atoms with Crippen molar-refractivity contribution in [3.05, 3.63) is 23.1 Å². The monoisotopic (exact) mass is 644 g/mol. The Kier molecular flexibility index (Phi) is 23.0. The molecule has 0 aromatic heterocycles. The number of amides is 8. The summed E-state index contributed by atoms with van der Waals surface area (Å²) in [6.45, 7) is 5.34. The Bertz CT molecular complexity index is 1040. The van der Waals surface area contributed by atoms with Gasteiger partial charge < -0.3 is 21.3 Å². The molecule has 0 radical (unpaired) electrons. The first-order valence-corrected chi connectivity index (χ1v) is 14.9. The van der Waals surface area contributed by atoms with Gasteiger partial charge in [-0.3, -0.25) is 48.2 Å². The van der Waals surface area contributed by atoms with Crippen LogP contribution >= 0.6 is 24.4 Å². The average Bonchev–Trinajstić information content (AvgIpc) is 3.43. The van der Waals surface area contributed by atoms with Crippen LogP contribution in [0.15, 0.2) is 23.1 Å². The molecule has 0 spiro atoms. The van der Waals surface area contributed by atoms with Crippen molar-refractivity contribution in [1.29, 1.82) is 0 Å². The minimum atomic E-state index is -0.398. The van der Waals surface area contributed by atoms with Crippen LogP contribution in [0.25, 0.3) is 0 Å². The zero-order chi connectivity index (χ0) is 32.1. The number of nitrogens with zero attached hydrogens (tertiary/aromatic N) is 2. The van der Waals surface area contributed by atoms with Gasteiger partial charge in [-0.05, 0) is 26.7 Å². The minimum absolute atomic E-state index is 0. The number of rotatable bonds is 14. The predicted molar refractivity (Wildman–Crippen MR) is 168 cm³/mol. The second kappa shape index (κ2) is 23.9. The van der Waals surface area contributed by atoms with Gasteiger partial charge in [0.15, 0.2) is 0 Å². The molecule has 0 aromatic carbocycles. The Morgan fingerprint density at radius 1 is 0.744 bits per heavy atom. The van der Waals surface area contributed by atoms with Gasteiger partial charge in [-0.2, -0.15) is 12.6 Å². The first-order chi connectivity index (χ1) is 19.9. The maximum Gasteiger partial charge on any atom is 0.267 e. The lowest BCUT2D eigenvalue weighted by atomic mass is 10.3. The maximum atomic E-state index is 12.0. The summed E-state index contributed by atoms with van der Waals surface area (Å²) in [6, 6.07) is 0. The Hall–Kier alpha value is -3.66. The first kappa shape index (κ1) is 41.5. The molecule has 0 saturated carbocycles. The third kappa shape index (κ3) is 17.1. The van der Waals surface area contributed by atoms with Gasteiger partial charge in [0.2, 0.25) is 23.6 Å². The van der Waals surface area contributed by atoms with Crippen molar-refractivity contribution in [3.8, 4) is 0 Å². The van der Waals surface area contributed by atoms with Gasteiger partial charge in [-0.1, -0.05) is 7.43 Å². The first-order valence-electron chi connectivity index (χ1n) is 13.2. The average molecular weight is 645 g/mol. The molecule has 43 heavy (non-hydrogen) atoms. The van der Waals surface area contributed by atoms with E-state index in [-0.39, 0.29) is 72.2 Å². The van der Waals surface area contributed by atoms with Crippen LogP contribution in [0.5, 0.6) is 0 Å². The number of thioether (sulfide) groups is 1. The fourth-order valence-corrected chi connectivity index (χ4v) is 4.12. The van der Waals surface area contributed by atoms with E-state index in [4.69, 9.17) is 0 Å². The van der Waals surface area contributed by atoms with E-state index in [9.17, 15) is 38.4 Å². The molecule has 4 N–H and O–H groups in total. The van der Waals surface area contributed by atoms with Gasteiger partial charge in [0.1, 0.15) is 0 Å². The van der Waals surface area contributed by atoms with E-state index >= 15 is 0 Å². The molecule has 8 amide bonds. The third-order valence-corrected chi connectivity index (χ3v) is 6.55. The molecular formula is C27H44N6O8S2. The fraction of sp³-hybridized carbons (Fsp3) is 0.556. The second-order valence-electron chi connectivity index (χ2n) is 8.37.